The molecule has 12 heteroatoms. The molecule has 0 atom stereocenters. The molecule has 0 fully saturated rings. The Labute approximate surface area is 248 Å². The van der Waals surface area contributed by atoms with E-state index in [9.17, 15) is 18.0 Å². The molecule has 4 aromatic carbocycles. The first-order valence-corrected chi connectivity index (χ1v) is 14.4. The quantitative estimate of drug-likeness (QED) is 0.178. The third-order valence-electron chi connectivity index (χ3n) is 5.76. The number of anilines is 2. The predicted molar refractivity (Wildman–Crippen MR) is 162 cm³/mol. The molecule has 0 aliphatic carbocycles. The minimum Gasteiger partial charge on any atom is -0.497 e. The van der Waals surface area contributed by atoms with Crippen molar-refractivity contribution in [3.8, 4) is 11.5 Å². The summed E-state index contributed by atoms with van der Waals surface area (Å²) in [5.41, 5.74) is 3.92. The number of methoxy groups -OCH3 is 1. The summed E-state index contributed by atoms with van der Waals surface area (Å²) < 4.78 is 38.5. The fraction of sp³-hybridized carbons (Fsp3) is 0.100. The second-order valence-corrected chi connectivity index (χ2v) is 11.0. The summed E-state index contributed by atoms with van der Waals surface area (Å²) in [5.74, 6) is 0.00725. The standard InChI is InChI=1S/C30H27ClN4O6S/c1-40-26-15-17-28(18-16-26)42(38,39)35(25-11-9-23(31)10-12-25)20-29(36)34-32-19-22-7-13-27(14-8-22)41-21-30(37)33-24-5-3-2-4-6-24/h2-19H,20-21H2,1H3,(H,33,37)(H,34,36)/b32-19+. The number of para-hydroxylation sites is 1. The van der Waals surface area contributed by atoms with Crippen LogP contribution < -0.4 is 24.5 Å². The van der Waals surface area contributed by atoms with Crippen molar-refractivity contribution in [1.29, 1.82) is 0 Å². The van der Waals surface area contributed by atoms with E-state index in [1.165, 1.54) is 61.9 Å². The van der Waals surface area contributed by atoms with Crippen molar-refractivity contribution in [2.24, 2.45) is 5.10 Å². The maximum atomic E-state index is 13.5. The van der Waals surface area contributed by atoms with Crippen LogP contribution in [0.25, 0.3) is 0 Å². The van der Waals surface area contributed by atoms with Crippen LogP contribution >= 0.6 is 11.6 Å². The molecular formula is C30H27ClN4O6S. The van der Waals surface area contributed by atoms with Crippen LogP contribution in [0.4, 0.5) is 11.4 Å². The first-order chi connectivity index (χ1) is 20.2. The van der Waals surface area contributed by atoms with Gasteiger partial charge in [-0.15, -0.1) is 0 Å². The molecule has 0 saturated heterocycles. The number of hydrogen-bond acceptors (Lipinski definition) is 7. The van der Waals surface area contributed by atoms with Crippen LogP contribution in [-0.4, -0.2) is 46.7 Å². The average Bonchev–Trinajstić information content (AvgIpc) is 3.00. The van der Waals surface area contributed by atoms with Crippen LogP contribution in [0.5, 0.6) is 11.5 Å². The summed E-state index contributed by atoms with van der Waals surface area (Å²) in [6.07, 6.45) is 1.40. The predicted octanol–water partition coefficient (Wildman–Crippen LogP) is 4.71. The van der Waals surface area contributed by atoms with Crippen molar-refractivity contribution in [3.05, 3.63) is 114 Å². The van der Waals surface area contributed by atoms with Crippen molar-refractivity contribution in [1.82, 2.24) is 5.43 Å². The topological polar surface area (TPSA) is 126 Å². The largest absolute Gasteiger partial charge is 0.497 e. The van der Waals surface area contributed by atoms with E-state index in [4.69, 9.17) is 21.1 Å². The van der Waals surface area contributed by atoms with E-state index in [1.54, 1.807) is 36.4 Å². The Balaban J connectivity index is 1.36. The van der Waals surface area contributed by atoms with Gasteiger partial charge in [0.05, 0.1) is 23.9 Å². The number of halogens is 1. The van der Waals surface area contributed by atoms with Crippen LogP contribution in [-0.2, 0) is 19.6 Å². The zero-order valence-corrected chi connectivity index (χ0v) is 24.0. The fourth-order valence-corrected chi connectivity index (χ4v) is 5.21. The summed E-state index contributed by atoms with van der Waals surface area (Å²) in [5, 5.41) is 7.09. The molecular weight excluding hydrogens is 580 g/mol. The zero-order chi connectivity index (χ0) is 30.0. The second-order valence-electron chi connectivity index (χ2n) is 8.73. The van der Waals surface area contributed by atoms with Crippen LogP contribution in [0.15, 0.2) is 113 Å². The lowest BCUT2D eigenvalue weighted by molar-refractivity contribution is -0.119. The van der Waals surface area contributed by atoms with Crippen molar-refractivity contribution in [2.75, 3.05) is 29.9 Å². The Morgan fingerprint density at radius 1 is 0.857 bits per heavy atom. The number of nitrogens with one attached hydrogen (secondary N) is 2. The number of hydrogen-bond donors (Lipinski definition) is 2. The van der Waals surface area contributed by atoms with E-state index in [1.807, 2.05) is 18.2 Å². The molecule has 0 bridgehead atoms. The van der Waals surface area contributed by atoms with Gasteiger partial charge in [-0.25, -0.2) is 13.8 Å². The Hall–Kier alpha value is -4.87. The highest BCUT2D eigenvalue weighted by Gasteiger charge is 2.27. The normalized spacial score (nSPS) is 11.1. The van der Waals surface area contributed by atoms with Gasteiger partial charge in [-0.3, -0.25) is 13.9 Å². The first kappa shape index (κ1) is 30.1. The van der Waals surface area contributed by atoms with Crippen molar-refractivity contribution < 1.29 is 27.5 Å². The van der Waals surface area contributed by atoms with Crippen molar-refractivity contribution in [2.45, 2.75) is 4.90 Å². The molecule has 0 aliphatic heterocycles. The molecule has 10 nitrogen and oxygen atoms in total. The van der Waals surface area contributed by atoms with Crippen LogP contribution in [0.1, 0.15) is 5.56 Å². The van der Waals surface area contributed by atoms with Crippen LogP contribution in [0, 0.1) is 0 Å². The number of sulfonamides is 1. The molecule has 0 saturated carbocycles. The minimum atomic E-state index is -4.12. The van der Waals surface area contributed by atoms with Crippen molar-refractivity contribution in [3.63, 3.8) is 0 Å². The number of benzene rings is 4. The monoisotopic (exact) mass is 606 g/mol. The van der Waals surface area contributed by atoms with Gasteiger partial charge in [0, 0.05) is 10.7 Å². The highest BCUT2D eigenvalue weighted by atomic mass is 35.5. The molecule has 0 unspecified atom stereocenters. The molecule has 0 aliphatic rings. The molecule has 42 heavy (non-hydrogen) atoms. The summed E-state index contributed by atoms with van der Waals surface area (Å²) in [4.78, 5) is 24.8. The third-order valence-corrected chi connectivity index (χ3v) is 7.80. The van der Waals surface area contributed by atoms with Gasteiger partial charge in [-0.2, -0.15) is 5.10 Å². The van der Waals surface area contributed by atoms with Gasteiger partial charge < -0.3 is 14.8 Å². The molecule has 216 valence electrons. The van der Waals surface area contributed by atoms with Gasteiger partial charge in [-0.1, -0.05) is 29.8 Å². The van der Waals surface area contributed by atoms with Gasteiger partial charge in [0.2, 0.25) is 0 Å². The van der Waals surface area contributed by atoms with Gasteiger partial charge in [0.1, 0.15) is 18.0 Å². The number of hydrazone groups is 1. The van der Waals surface area contributed by atoms with Gasteiger partial charge in [-0.05, 0) is 90.5 Å². The lowest BCUT2D eigenvalue weighted by atomic mass is 10.2. The summed E-state index contributed by atoms with van der Waals surface area (Å²) >= 11 is 5.98. The highest BCUT2D eigenvalue weighted by Crippen LogP contribution is 2.26. The Morgan fingerprint density at radius 3 is 2.14 bits per heavy atom. The highest BCUT2D eigenvalue weighted by molar-refractivity contribution is 7.92. The molecule has 0 spiro atoms. The van der Waals surface area contributed by atoms with Crippen LogP contribution in [0.3, 0.4) is 0 Å². The summed E-state index contributed by atoms with van der Waals surface area (Å²) in [7, 11) is -2.64. The maximum Gasteiger partial charge on any atom is 0.264 e. The summed E-state index contributed by atoms with van der Waals surface area (Å²) in [6.45, 7) is -0.701. The van der Waals surface area contributed by atoms with E-state index < -0.39 is 22.5 Å². The number of ether oxygens (including phenoxy) is 2. The number of rotatable bonds is 12. The lowest BCUT2D eigenvalue weighted by Crippen LogP contribution is -2.39. The smallest absolute Gasteiger partial charge is 0.264 e. The molecule has 0 radical (unpaired) electrons. The SMILES string of the molecule is COc1ccc(S(=O)(=O)N(CC(=O)N/N=C/c2ccc(OCC(=O)Nc3ccccc3)cc2)c2ccc(Cl)cc2)cc1. The molecule has 2 amide bonds. The summed E-state index contributed by atoms with van der Waals surface area (Å²) in [6, 6.07) is 27.7. The van der Waals surface area contributed by atoms with Gasteiger partial charge in [0.15, 0.2) is 6.61 Å². The van der Waals surface area contributed by atoms with E-state index in [0.29, 0.717) is 27.8 Å². The first-order valence-electron chi connectivity index (χ1n) is 12.6. The Kier molecular flexibility index (Phi) is 10.1. The Bertz CT molecular complexity index is 1630. The van der Waals surface area contributed by atoms with E-state index in [-0.39, 0.29) is 23.1 Å². The molecule has 0 heterocycles. The minimum absolute atomic E-state index is 0.0191. The second kappa shape index (κ2) is 14.2. The van der Waals surface area contributed by atoms with Gasteiger partial charge in [0.25, 0.3) is 21.8 Å². The molecule has 4 rings (SSSR count). The number of amides is 2. The average molecular weight is 607 g/mol. The maximum absolute atomic E-state index is 13.5. The number of nitrogens with zero attached hydrogens (tertiary/aromatic N) is 2. The van der Waals surface area contributed by atoms with E-state index in [0.717, 1.165) is 4.31 Å². The zero-order valence-electron chi connectivity index (χ0n) is 22.4. The number of carbonyl (C=O) groups is 2. The molecule has 0 aromatic heterocycles. The molecule has 4 aromatic rings. The van der Waals surface area contributed by atoms with Crippen LogP contribution in [0.2, 0.25) is 5.02 Å². The molecule has 2 N–H and O–H groups in total. The third kappa shape index (κ3) is 8.32. The van der Waals surface area contributed by atoms with Gasteiger partial charge >= 0.3 is 0 Å². The lowest BCUT2D eigenvalue weighted by Gasteiger charge is -2.23. The Morgan fingerprint density at radius 2 is 1.50 bits per heavy atom. The fourth-order valence-electron chi connectivity index (χ4n) is 3.66. The van der Waals surface area contributed by atoms with E-state index >= 15 is 0 Å². The number of carbonyl (C=O) groups excluding carboxylic acids is 2. The van der Waals surface area contributed by atoms with Crippen molar-refractivity contribution >= 4 is 51.0 Å². The van der Waals surface area contributed by atoms with E-state index in [2.05, 4.69) is 15.8 Å².